The molecule has 0 unspecified atom stereocenters. The maximum absolute atomic E-state index is 13.1. The van der Waals surface area contributed by atoms with Gasteiger partial charge in [-0.1, -0.05) is 23.8 Å². The first kappa shape index (κ1) is 10.8. The molecule has 16 heavy (non-hydrogen) atoms. The van der Waals surface area contributed by atoms with Crippen LogP contribution in [0.25, 0.3) is 11.1 Å². The summed E-state index contributed by atoms with van der Waals surface area (Å²) in [6, 6.07) is 9.40. The van der Waals surface area contributed by atoms with Crippen molar-refractivity contribution in [3.8, 4) is 11.1 Å². The van der Waals surface area contributed by atoms with Gasteiger partial charge in [0.2, 0.25) is 0 Å². The minimum atomic E-state index is -0.546. The first-order valence-electron chi connectivity index (χ1n) is 5.10. The lowest BCUT2D eigenvalue weighted by Crippen LogP contribution is -1.88. The summed E-state index contributed by atoms with van der Waals surface area (Å²) in [4.78, 5) is 0. The van der Waals surface area contributed by atoms with Crippen LogP contribution in [0.4, 0.5) is 8.78 Å². The Kier molecular flexibility index (Phi) is 2.73. The van der Waals surface area contributed by atoms with Gasteiger partial charge in [0.15, 0.2) is 0 Å². The molecule has 0 fully saturated rings. The smallest absolute Gasteiger partial charge is 0.126 e. The molecule has 0 aliphatic heterocycles. The van der Waals surface area contributed by atoms with E-state index in [2.05, 4.69) is 0 Å². The molecule has 0 aliphatic rings. The lowest BCUT2D eigenvalue weighted by molar-refractivity contribution is 0.584. The zero-order valence-electron chi connectivity index (χ0n) is 9.22. The predicted molar refractivity (Wildman–Crippen MR) is 61.3 cm³/mol. The molecule has 2 aromatic rings. The molecule has 2 aromatic carbocycles. The van der Waals surface area contributed by atoms with Gasteiger partial charge in [0.25, 0.3) is 0 Å². The van der Waals surface area contributed by atoms with Crippen molar-refractivity contribution in [1.82, 2.24) is 0 Å². The van der Waals surface area contributed by atoms with E-state index in [9.17, 15) is 8.78 Å². The molecule has 0 amide bonds. The van der Waals surface area contributed by atoms with Crippen molar-refractivity contribution in [3.05, 3.63) is 59.2 Å². The Hall–Kier alpha value is -1.70. The summed E-state index contributed by atoms with van der Waals surface area (Å²) in [5.74, 6) is -1.09. The highest BCUT2D eigenvalue weighted by Gasteiger charge is 2.05. The molecule has 0 spiro atoms. The first-order valence-corrected chi connectivity index (χ1v) is 5.10. The predicted octanol–water partition coefficient (Wildman–Crippen LogP) is 4.25. The molecule has 0 atom stereocenters. The van der Waals surface area contributed by atoms with Crippen LogP contribution in [0.15, 0.2) is 36.4 Å². The monoisotopic (exact) mass is 218 g/mol. The lowest BCUT2D eigenvalue weighted by Gasteiger charge is -2.07. The summed E-state index contributed by atoms with van der Waals surface area (Å²) in [7, 11) is 0. The van der Waals surface area contributed by atoms with E-state index < -0.39 is 11.6 Å². The maximum atomic E-state index is 13.1. The van der Waals surface area contributed by atoms with Crippen molar-refractivity contribution >= 4 is 0 Å². The molecular formula is C14H12F2. The molecule has 0 radical (unpaired) electrons. The van der Waals surface area contributed by atoms with Gasteiger partial charge in [-0.25, -0.2) is 8.78 Å². The fraction of sp³-hybridized carbons (Fsp3) is 0.143. The molecule has 0 bridgehead atoms. The molecule has 2 heteroatoms. The topological polar surface area (TPSA) is 0 Å². The summed E-state index contributed by atoms with van der Waals surface area (Å²) >= 11 is 0. The average molecular weight is 218 g/mol. The van der Waals surface area contributed by atoms with Gasteiger partial charge in [-0.15, -0.1) is 0 Å². The number of aryl methyl sites for hydroxylation is 2. The zero-order valence-corrected chi connectivity index (χ0v) is 9.22. The Bertz CT molecular complexity index is 510. The van der Waals surface area contributed by atoms with E-state index in [1.165, 1.54) is 12.1 Å². The minimum absolute atomic E-state index is 0.546. The third-order valence-electron chi connectivity index (χ3n) is 2.56. The van der Waals surface area contributed by atoms with Crippen LogP contribution in [-0.4, -0.2) is 0 Å². The third kappa shape index (κ3) is 2.11. The van der Waals surface area contributed by atoms with E-state index in [4.69, 9.17) is 0 Å². The van der Waals surface area contributed by atoms with E-state index in [0.717, 1.165) is 22.8 Å². The van der Waals surface area contributed by atoms with Crippen LogP contribution in [0.1, 0.15) is 11.1 Å². The van der Waals surface area contributed by atoms with Gasteiger partial charge < -0.3 is 0 Å². The van der Waals surface area contributed by atoms with Crippen LogP contribution < -0.4 is 0 Å². The molecule has 0 N–H and O–H groups in total. The number of rotatable bonds is 1. The van der Waals surface area contributed by atoms with E-state index in [-0.39, 0.29) is 0 Å². The Labute approximate surface area is 93.5 Å². The fourth-order valence-electron chi connectivity index (χ4n) is 1.85. The molecule has 0 saturated heterocycles. The molecule has 0 aromatic heterocycles. The van der Waals surface area contributed by atoms with Gasteiger partial charge in [0, 0.05) is 6.07 Å². The zero-order chi connectivity index (χ0) is 11.7. The summed E-state index contributed by atoms with van der Waals surface area (Å²) in [6.45, 7) is 3.92. The summed E-state index contributed by atoms with van der Waals surface area (Å²) < 4.78 is 26.2. The molecule has 82 valence electrons. The number of halogens is 2. The van der Waals surface area contributed by atoms with Gasteiger partial charge in [-0.2, -0.15) is 0 Å². The second-order valence-corrected chi connectivity index (χ2v) is 3.98. The van der Waals surface area contributed by atoms with Crippen molar-refractivity contribution in [1.29, 1.82) is 0 Å². The summed E-state index contributed by atoms with van der Waals surface area (Å²) in [6.07, 6.45) is 0. The molecule has 0 heterocycles. The van der Waals surface area contributed by atoms with Crippen LogP contribution >= 0.6 is 0 Å². The lowest BCUT2D eigenvalue weighted by atomic mass is 9.99. The standard InChI is InChI=1S/C14H12F2/c1-9-3-4-14(10(2)5-9)11-6-12(15)8-13(16)7-11/h3-8H,1-2H3. The largest absolute Gasteiger partial charge is 0.207 e. The third-order valence-corrected chi connectivity index (χ3v) is 2.56. The van der Waals surface area contributed by atoms with Crippen molar-refractivity contribution in [3.63, 3.8) is 0 Å². The highest BCUT2D eigenvalue weighted by atomic mass is 19.1. The van der Waals surface area contributed by atoms with Crippen LogP contribution in [-0.2, 0) is 0 Å². The molecule has 0 aliphatic carbocycles. The highest BCUT2D eigenvalue weighted by molar-refractivity contribution is 5.67. The molecule has 2 rings (SSSR count). The summed E-state index contributed by atoms with van der Waals surface area (Å²) in [5.41, 5.74) is 3.60. The Balaban J connectivity index is 2.58. The number of hydrogen-bond donors (Lipinski definition) is 0. The highest BCUT2D eigenvalue weighted by Crippen LogP contribution is 2.25. The molecule has 0 saturated carbocycles. The number of benzene rings is 2. The Morgan fingerprint density at radius 2 is 1.44 bits per heavy atom. The molecular weight excluding hydrogens is 206 g/mol. The van der Waals surface area contributed by atoms with Gasteiger partial charge in [0.1, 0.15) is 11.6 Å². The van der Waals surface area contributed by atoms with E-state index in [0.29, 0.717) is 5.56 Å². The minimum Gasteiger partial charge on any atom is -0.207 e. The van der Waals surface area contributed by atoms with Crippen LogP contribution in [0.2, 0.25) is 0 Å². The van der Waals surface area contributed by atoms with Gasteiger partial charge in [0.05, 0.1) is 0 Å². The van der Waals surface area contributed by atoms with Gasteiger partial charge in [-0.05, 0) is 42.7 Å². The van der Waals surface area contributed by atoms with Crippen molar-refractivity contribution in [2.45, 2.75) is 13.8 Å². The van der Waals surface area contributed by atoms with Crippen LogP contribution in [0.3, 0.4) is 0 Å². The number of hydrogen-bond acceptors (Lipinski definition) is 0. The second-order valence-electron chi connectivity index (χ2n) is 3.98. The summed E-state index contributed by atoms with van der Waals surface area (Å²) in [5, 5.41) is 0. The van der Waals surface area contributed by atoms with Gasteiger partial charge in [-0.3, -0.25) is 0 Å². The normalized spacial score (nSPS) is 10.5. The van der Waals surface area contributed by atoms with E-state index >= 15 is 0 Å². The van der Waals surface area contributed by atoms with Crippen molar-refractivity contribution < 1.29 is 8.78 Å². The first-order chi connectivity index (χ1) is 7.56. The average Bonchev–Trinajstić information content (AvgIpc) is 2.15. The van der Waals surface area contributed by atoms with E-state index in [1.807, 2.05) is 32.0 Å². The maximum Gasteiger partial charge on any atom is 0.126 e. The quantitative estimate of drug-likeness (QED) is 0.671. The van der Waals surface area contributed by atoms with Gasteiger partial charge >= 0.3 is 0 Å². The SMILES string of the molecule is Cc1ccc(-c2cc(F)cc(F)c2)c(C)c1. The van der Waals surface area contributed by atoms with Crippen molar-refractivity contribution in [2.75, 3.05) is 0 Å². The van der Waals surface area contributed by atoms with Crippen molar-refractivity contribution in [2.24, 2.45) is 0 Å². The second kappa shape index (κ2) is 4.05. The Morgan fingerprint density at radius 1 is 0.812 bits per heavy atom. The molecule has 0 nitrogen and oxygen atoms in total. The fourth-order valence-corrected chi connectivity index (χ4v) is 1.85. The van der Waals surface area contributed by atoms with E-state index in [1.54, 1.807) is 0 Å². The Morgan fingerprint density at radius 3 is 2.00 bits per heavy atom. The van der Waals surface area contributed by atoms with Crippen LogP contribution in [0, 0.1) is 25.5 Å². The van der Waals surface area contributed by atoms with Crippen LogP contribution in [0.5, 0.6) is 0 Å².